The van der Waals surface area contributed by atoms with Crippen LogP contribution in [-0.2, 0) is 13.6 Å². The molecule has 6 rings (SSSR count). The van der Waals surface area contributed by atoms with Crippen molar-refractivity contribution in [2.24, 2.45) is 7.05 Å². The third-order valence-electron chi connectivity index (χ3n) is 6.31. The predicted octanol–water partition coefficient (Wildman–Crippen LogP) is 2.12. The maximum absolute atomic E-state index is 12.5. The van der Waals surface area contributed by atoms with Gasteiger partial charge in [-0.25, -0.2) is 4.79 Å². The van der Waals surface area contributed by atoms with Crippen molar-refractivity contribution in [1.82, 2.24) is 33.6 Å². The molecule has 0 radical (unpaired) electrons. The fourth-order valence-electron chi connectivity index (χ4n) is 4.73. The van der Waals surface area contributed by atoms with Gasteiger partial charge in [0.1, 0.15) is 4.70 Å². The van der Waals surface area contributed by atoms with Crippen LogP contribution in [0.1, 0.15) is 24.7 Å². The highest BCUT2D eigenvalue weighted by molar-refractivity contribution is 7.17. The van der Waals surface area contributed by atoms with Crippen LogP contribution in [0.15, 0.2) is 45.3 Å². The maximum atomic E-state index is 12.5. The van der Waals surface area contributed by atoms with E-state index in [-0.39, 0.29) is 17.3 Å². The van der Waals surface area contributed by atoms with Crippen molar-refractivity contribution in [2.45, 2.75) is 25.4 Å². The Morgan fingerprint density at radius 1 is 1.10 bits per heavy atom. The van der Waals surface area contributed by atoms with Crippen molar-refractivity contribution in [3.63, 3.8) is 0 Å². The van der Waals surface area contributed by atoms with E-state index >= 15 is 0 Å². The number of nitrogens with zero attached hydrogens (tertiary/aromatic N) is 6. The number of aromatic nitrogens is 6. The van der Waals surface area contributed by atoms with Gasteiger partial charge in [-0.3, -0.25) is 23.2 Å². The highest BCUT2D eigenvalue weighted by atomic mass is 32.1. The zero-order valence-electron chi connectivity index (χ0n) is 17.0. The number of para-hydroxylation sites is 2. The minimum atomic E-state index is -0.0403. The fourth-order valence-corrected chi connectivity index (χ4v) is 5.58. The number of thiophene rings is 1. The van der Waals surface area contributed by atoms with Crippen LogP contribution < -0.4 is 11.2 Å². The van der Waals surface area contributed by atoms with Gasteiger partial charge < -0.3 is 4.98 Å². The van der Waals surface area contributed by atoms with Crippen molar-refractivity contribution in [1.29, 1.82) is 0 Å². The SMILES string of the molecule is Cn1c(=O)c2sccc2n2c(CN3CCC(n4c(=O)[nH]c5ccccc54)CC3)nnc12. The highest BCUT2D eigenvalue weighted by Crippen LogP contribution is 2.26. The molecule has 9 nitrogen and oxygen atoms in total. The van der Waals surface area contributed by atoms with E-state index in [2.05, 4.69) is 20.1 Å². The molecule has 0 bridgehead atoms. The van der Waals surface area contributed by atoms with E-state index in [4.69, 9.17) is 0 Å². The lowest BCUT2D eigenvalue weighted by molar-refractivity contribution is 0.176. The van der Waals surface area contributed by atoms with E-state index < -0.39 is 0 Å². The van der Waals surface area contributed by atoms with Gasteiger partial charge in [0.05, 0.1) is 23.1 Å². The second-order valence-corrected chi connectivity index (χ2v) is 8.99. The first-order valence-electron chi connectivity index (χ1n) is 10.3. The quantitative estimate of drug-likeness (QED) is 0.469. The number of hydrogen-bond donors (Lipinski definition) is 1. The summed E-state index contributed by atoms with van der Waals surface area (Å²) >= 11 is 1.44. The third-order valence-corrected chi connectivity index (χ3v) is 7.20. The molecule has 0 unspecified atom stereocenters. The molecule has 0 amide bonds. The molecular weight excluding hydrogens is 414 g/mol. The smallest absolute Gasteiger partial charge is 0.306 e. The van der Waals surface area contributed by atoms with Gasteiger partial charge in [-0.1, -0.05) is 12.1 Å². The van der Waals surface area contributed by atoms with Crippen LogP contribution in [0.25, 0.3) is 27.0 Å². The van der Waals surface area contributed by atoms with Crippen LogP contribution in [0.4, 0.5) is 0 Å². The zero-order chi connectivity index (χ0) is 21.1. The molecule has 158 valence electrons. The molecule has 4 aromatic heterocycles. The summed E-state index contributed by atoms with van der Waals surface area (Å²) in [5, 5.41) is 10.6. The van der Waals surface area contributed by atoms with Gasteiger partial charge in [0.15, 0.2) is 5.82 Å². The van der Waals surface area contributed by atoms with Crippen molar-refractivity contribution in [2.75, 3.05) is 13.1 Å². The van der Waals surface area contributed by atoms with Crippen LogP contribution in [0, 0.1) is 0 Å². The summed E-state index contributed by atoms with van der Waals surface area (Å²) in [7, 11) is 1.74. The molecule has 1 N–H and O–H groups in total. The van der Waals surface area contributed by atoms with Crippen LogP contribution >= 0.6 is 11.3 Å². The van der Waals surface area contributed by atoms with Gasteiger partial charge >= 0.3 is 5.69 Å². The Morgan fingerprint density at radius 3 is 2.74 bits per heavy atom. The van der Waals surface area contributed by atoms with Crippen LogP contribution in [-0.4, -0.2) is 46.7 Å². The van der Waals surface area contributed by atoms with Crippen LogP contribution in [0.5, 0.6) is 0 Å². The van der Waals surface area contributed by atoms with Gasteiger partial charge in [-0.05, 0) is 36.4 Å². The molecule has 0 spiro atoms. The van der Waals surface area contributed by atoms with E-state index in [1.54, 1.807) is 11.6 Å². The number of aryl methyl sites for hydroxylation is 1. The van der Waals surface area contributed by atoms with Gasteiger partial charge in [0.25, 0.3) is 5.56 Å². The topological polar surface area (TPSA) is 93.2 Å². The minimum Gasteiger partial charge on any atom is -0.306 e. The summed E-state index contributed by atoms with van der Waals surface area (Å²) in [6.07, 6.45) is 1.79. The highest BCUT2D eigenvalue weighted by Gasteiger charge is 2.25. The number of fused-ring (bicyclic) bond motifs is 4. The zero-order valence-corrected chi connectivity index (χ0v) is 17.8. The molecule has 5 aromatic rings. The molecular formula is C21H21N7O2S. The van der Waals surface area contributed by atoms with E-state index in [1.807, 2.05) is 44.7 Å². The maximum Gasteiger partial charge on any atom is 0.326 e. The van der Waals surface area contributed by atoms with Crippen LogP contribution in [0.2, 0.25) is 0 Å². The Bertz CT molecular complexity index is 1550. The molecule has 1 fully saturated rings. The van der Waals surface area contributed by atoms with E-state index in [9.17, 15) is 9.59 Å². The number of hydrogen-bond acceptors (Lipinski definition) is 6. The number of likely N-dealkylation sites (tertiary alicyclic amines) is 1. The lowest BCUT2D eigenvalue weighted by Crippen LogP contribution is -2.37. The summed E-state index contributed by atoms with van der Waals surface area (Å²) in [6, 6.07) is 9.98. The monoisotopic (exact) mass is 435 g/mol. The lowest BCUT2D eigenvalue weighted by atomic mass is 10.0. The second kappa shape index (κ2) is 6.89. The first kappa shape index (κ1) is 18.5. The number of rotatable bonds is 3. The standard InChI is InChI=1S/C21H21N7O2S/c1-25-19(29)18-16(8-11-31-18)28-17(23-24-20(25)28)12-26-9-6-13(7-10-26)27-15-5-3-2-4-14(15)22-21(27)30/h2-5,8,11,13H,6-7,9-10,12H2,1H3,(H,22,30). The number of H-pyrrole nitrogens is 1. The van der Waals surface area contributed by atoms with Crippen molar-refractivity contribution >= 4 is 38.4 Å². The Balaban J connectivity index is 1.27. The number of imidazole rings is 1. The molecule has 5 heterocycles. The molecule has 1 aliphatic heterocycles. The summed E-state index contributed by atoms with van der Waals surface area (Å²) in [6.45, 7) is 2.38. The number of benzene rings is 1. The lowest BCUT2D eigenvalue weighted by Gasteiger charge is -2.32. The Labute approximate surface area is 180 Å². The fraction of sp³-hybridized carbons (Fsp3) is 0.333. The normalized spacial score (nSPS) is 16.2. The minimum absolute atomic E-state index is 0.0381. The summed E-state index contributed by atoms with van der Waals surface area (Å²) in [4.78, 5) is 30.4. The molecule has 31 heavy (non-hydrogen) atoms. The Hall–Kier alpha value is -3.24. The average Bonchev–Trinajstić information content (AvgIpc) is 3.49. The largest absolute Gasteiger partial charge is 0.326 e. The van der Waals surface area contributed by atoms with E-state index in [0.29, 0.717) is 17.0 Å². The first-order chi connectivity index (χ1) is 15.1. The Morgan fingerprint density at radius 2 is 1.90 bits per heavy atom. The molecule has 1 aromatic carbocycles. The third kappa shape index (κ3) is 2.78. The van der Waals surface area contributed by atoms with E-state index in [1.165, 1.54) is 11.3 Å². The first-order valence-corrected chi connectivity index (χ1v) is 11.2. The second-order valence-electron chi connectivity index (χ2n) is 8.08. The van der Waals surface area contributed by atoms with Gasteiger partial charge in [-0.2, -0.15) is 0 Å². The van der Waals surface area contributed by atoms with Crippen molar-refractivity contribution in [3.8, 4) is 0 Å². The molecule has 0 aliphatic carbocycles. The summed E-state index contributed by atoms with van der Waals surface area (Å²) in [5.41, 5.74) is 2.64. The Kier molecular flexibility index (Phi) is 4.12. The van der Waals surface area contributed by atoms with Gasteiger partial charge in [0, 0.05) is 26.2 Å². The number of piperidine rings is 1. The molecule has 10 heteroatoms. The molecule has 1 aliphatic rings. The van der Waals surface area contributed by atoms with Gasteiger partial charge in [-0.15, -0.1) is 21.5 Å². The van der Waals surface area contributed by atoms with Crippen LogP contribution in [0.3, 0.4) is 0 Å². The number of nitrogens with one attached hydrogen (secondary N) is 1. The molecule has 0 atom stereocenters. The van der Waals surface area contributed by atoms with Gasteiger partial charge in [0.2, 0.25) is 5.78 Å². The molecule has 0 saturated carbocycles. The summed E-state index contributed by atoms with van der Waals surface area (Å²) < 4.78 is 6.17. The molecule has 1 saturated heterocycles. The van der Waals surface area contributed by atoms with Crippen molar-refractivity contribution in [3.05, 3.63) is 62.4 Å². The number of aromatic amines is 1. The van der Waals surface area contributed by atoms with E-state index in [0.717, 1.165) is 48.3 Å². The summed E-state index contributed by atoms with van der Waals surface area (Å²) in [5.74, 6) is 1.39. The van der Waals surface area contributed by atoms with Crippen molar-refractivity contribution < 1.29 is 0 Å². The predicted molar refractivity (Wildman–Crippen MR) is 120 cm³/mol. The average molecular weight is 436 g/mol.